The average molecular weight is 423 g/mol. The number of halogens is 5. The molecule has 0 aliphatic carbocycles. The van der Waals surface area contributed by atoms with Crippen LogP contribution in [0.3, 0.4) is 0 Å². The number of carbonyl (C=O) groups excluding carboxylic acids is 1. The molecule has 1 aliphatic heterocycles. The van der Waals surface area contributed by atoms with E-state index in [1.807, 2.05) is 0 Å². The molecule has 1 aliphatic rings. The zero-order chi connectivity index (χ0) is 20.6. The number of amides is 1. The van der Waals surface area contributed by atoms with Gasteiger partial charge in [0.25, 0.3) is 5.91 Å². The van der Waals surface area contributed by atoms with E-state index in [0.717, 1.165) is 12.1 Å². The van der Waals surface area contributed by atoms with Crippen LogP contribution in [0.15, 0.2) is 53.7 Å². The van der Waals surface area contributed by atoms with Crippen LogP contribution in [-0.4, -0.2) is 42.7 Å². The summed E-state index contributed by atoms with van der Waals surface area (Å²) in [5.41, 5.74) is 0.687. The second kappa shape index (κ2) is 6.31. The Hall–Kier alpha value is -2.40. The van der Waals surface area contributed by atoms with Gasteiger partial charge in [0.1, 0.15) is 17.7 Å². The highest BCUT2D eigenvalue weighted by atomic mass is 32.5. The molecule has 1 fully saturated rings. The Labute approximate surface area is 158 Å². The molecular weight excluding hydrogens is 405 g/mol. The molecule has 28 heavy (non-hydrogen) atoms. The molecule has 2 aromatic rings. The van der Waals surface area contributed by atoms with E-state index < -0.39 is 21.2 Å². The molecule has 0 bridgehead atoms. The monoisotopic (exact) mass is 423 g/mol. The van der Waals surface area contributed by atoms with Gasteiger partial charge in [-0.1, -0.05) is 25.5 Å². The number of rotatable bonds is 5. The number of hydrogen-bond donors (Lipinski definition) is 0. The van der Waals surface area contributed by atoms with Gasteiger partial charge in [-0.15, -0.1) is 0 Å². The summed E-state index contributed by atoms with van der Waals surface area (Å²) in [5.74, 6) is -0.329. The van der Waals surface area contributed by atoms with Crippen molar-refractivity contribution in [2.24, 2.45) is 0 Å². The van der Waals surface area contributed by atoms with E-state index in [4.69, 9.17) is 4.74 Å². The molecule has 0 spiro atoms. The quantitative estimate of drug-likeness (QED) is 0.653. The summed E-state index contributed by atoms with van der Waals surface area (Å²) in [6, 6.07) is 4.89. The van der Waals surface area contributed by atoms with Gasteiger partial charge < -0.3 is 14.5 Å². The molecule has 1 amide bonds. The van der Waals surface area contributed by atoms with Crippen LogP contribution < -0.4 is 4.90 Å². The molecule has 0 N–H and O–H groups in total. The lowest BCUT2D eigenvalue weighted by atomic mass is 10.1. The minimum absolute atomic E-state index is 0.104. The number of hydrogen-bond acceptors (Lipinski definition) is 4. The van der Waals surface area contributed by atoms with Gasteiger partial charge in [0.15, 0.2) is 0 Å². The predicted octanol–water partition coefficient (Wildman–Crippen LogP) is 4.73. The van der Waals surface area contributed by atoms with Gasteiger partial charge in [-0.25, -0.2) is 0 Å². The first kappa shape index (κ1) is 20.3. The average Bonchev–Trinajstić information content (AvgIpc) is 3.15. The second-order valence-corrected chi connectivity index (χ2v) is 8.81. The number of pyridine rings is 1. The van der Waals surface area contributed by atoms with Crippen LogP contribution in [0.5, 0.6) is 0 Å². The SMILES string of the molecule is CN(c1ccc(S(F)(F)(F)(F)F)cc1)C(C(=O)N1CCOC1)c1cccnc1. The zero-order valence-electron chi connectivity index (χ0n) is 14.8. The number of likely N-dealkylation sites (N-methyl/N-ethyl adjacent to an activating group) is 1. The summed E-state index contributed by atoms with van der Waals surface area (Å²) >= 11 is 0. The predicted molar refractivity (Wildman–Crippen MR) is 95.8 cm³/mol. The number of nitrogens with zero attached hydrogens (tertiary/aromatic N) is 3. The van der Waals surface area contributed by atoms with Gasteiger partial charge in [0.2, 0.25) is 0 Å². The first-order chi connectivity index (χ1) is 12.9. The molecule has 11 heteroatoms. The third-order valence-corrected chi connectivity index (χ3v) is 5.54. The number of carbonyl (C=O) groups is 1. The Kier molecular flexibility index (Phi) is 4.58. The summed E-state index contributed by atoms with van der Waals surface area (Å²) < 4.78 is 69.9. The van der Waals surface area contributed by atoms with Crippen LogP contribution in [0.2, 0.25) is 0 Å². The number of ether oxygens (including phenoxy) is 1. The second-order valence-electron chi connectivity index (χ2n) is 6.40. The third-order valence-electron chi connectivity index (χ3n) is 4.38. The number of anilines is 1. The smallest absolute Gasteiger partial charge is 0.310 e. The molecule has 3 rings (SSSR count). The molecule has 0 radical (unpaired) electrons. The standard InChI is InChI=1S/C17H18F5N3O2S/c1-24(14-4-6-15(7-5-14)28(18,19,20,21)22)16(13-3-2-8-23-11-13)17(26)25-9-10-27-12-25/h2-8,11,16H,9-10,12H2,1H3. The van der Waals surface area contributed by atoms with E-state index in [9.17, 15) is 24.2 Å². The van der Waals surface area contributed by atoms with Crippen molar-refractivity contribution in [3.63, 3.8) is 0 Å². The highest BCUT2D eigenvalue weighted by molar-refractivity contribution is 8.45. The molecule has 0 saturated carbocycles. The van der Waals surface area contributed by atoms with Crippen molar-refractivity contribution in [3.8, 4) is 0 Å². The molecule has 1 unspecified atom stereocenters. The summed E-state index contributed by atoms with van der Waals surface area (Å²) in [6.45, 7) is 0.868. The normalized spacial score (nSPS) is 18.3. The summed E-state index contributed by atoms with van der Waals surface area (Å²) in [4.78, 5) is 17.9. The zero-order valence-corrected chi connectivity index (χ0v) is 15.6. The van der Waals surface area contributed by atoms with Crippen molar-refractivity contribution in [1.29, 1.82) is 0 Å². The summed E-state index contributed by atoms with van der Waals surface area (Å²) in [7, 11) is -8.26. The van der Waals surface area contributed by atoms with Crippen LogP contribution >= 0.6 is 10.2 Å². The fourth-order valence-electron chi connectivity index (χ4n) is 2.92. The third kappa shape index (κ3) is 4.36. The van der Waals surface area contributed by atoms with Gasteiger partial charge in [-0.3, -0.25) is 9.78 Å². The Morgan fingerprint density at radius 3 is 2.36 bits per heavy atom. The Bertz CT molecular complexity index is 857. The highest BCUT2D eigenvalue weighted by Gasteiger charge is 2.65. The molecule has 1 atom stereocenters. The van der Waals surface area contributed by atoms with Gasteiger partial charge in [-0.05, 0) is 30.3 Å². The van der Waals surface area contributed by atoms with Crippen LogP contribution in [0.1, 0.15) is 11.6 Å². The Morgan fingerprint density at radius 1 is 1.18 bits per heavy atom. The Morgan fingerprint density at radius 2 is 1.86 bits per heavy atom. The van der Waals surface area contributed by atoms with Crippen molar-refractivity contribution < 1.29 is 29.0 Å². The van der Waals surface area contributed by atoms with Gasteiger partial charge in [0, 0.05) is 37.2 Å². The highest BCUT2D eigenvalue weighted by Crippen LogP contribution is 3.02. The van der Waals surface area contributed by atoms with E-state index >= 15 is 0 Å². The van der Waals surface area contributed by atoms with Crippen LogP contribution in [0.25, 0.3) is 0 Å². The first-order valence-electron chi connectivity index (χ1n) is 8.20. The topological polar surface area (TPSA) is 45.7 Å². The largest absolute Gasteiger partial charge is 0.359 e. The fraction of sp³-hybridized carbons (Fsp3) is 0.294. The van der Waals surface area contributed by atoms with E-state index in [1.165, 1.54) is 29.2 Å². The van der Waals surface area contributed by atoms with Crippen molar-refractivity contribution in [2.75, 3.05) is 31.8 Å². The molecule has 1 aromatic carbocycles. The molecule has 2 heterocycles. The van der Waals surface area contributed by atoms with Crippen molar-refractivity contribution in [2.45, 2.75) is 10.9 Å². The van der Waals surface area contributed by atoms with E-state index in [1.54, 1.807) is 12.1 Å². The first-order valence-corrected chi connectivity index (χ1v) is 10.2. The summed E-state index contributed by atoms with van der Waals surface area (Å²) in [5, 5.41) is 0. The van der Waals surface area contributed by atoms with Gasteiger partial charge >= 0.3 is 10.2 Å². The summed E-state index contributed by atoms with van der Waals surface area (Å²) in [6.07, 6.45) is 2.99. The van der Waals surface area contributed by atoms with Gasteiger partial charge in [0.05, 0.1) is 6.61 Å². The molecule has 5 nitrogen and oxygen atoms in total. The lowest BCUT2D eigenvalue weighted by Crippen LogP contribution is -2.40. The maximum absolute atomic E-state index is 13.0. The van der Waals surface area contributed by atoms with E-state index in [0.29, 0.717) is 30.8 Å². The molecular formula is C17H18F5N3O2S. The molecule has 154 valence electrons. The maximum atomic E-state index is 13.0. The lowest BCUT2D eigenvalue weighted by Gasteiger charge is -2.40. The number of aromatic nitrogens is 1. The number of benzene rings is 1. The lowest BCUT2D eigenvalue weighted by molar-refractivity contribution is -0.133. The van der Waals surface area contributed by atoms with Crippen molar-refractivity contribution in [3.05, 3.63) is 54.4 Å². The van der Waals surface area contributed by atoms with E-state index in [2.05, 4.69) is 4.98 Å². The van der Waals surface area contributed by atoms with Crippen molar-refractivity contribution >= 4 is 21.8 Å². The molecule has 1 saturated heterocycles. The minimum atomic E-state index is -9.76. The van der Waals surface area contributed by atoms with E-state index in [-0.39, 0.29) is 18.3 Å². The minimum Gasteiger partial charge on any atom is -0.359 e. The van der Waals surface area contributed by atoms with Crippen LogP contribution in [0, 0.1) is 0 Å². The molecule has 1 aromatic heterocycles. The van der Waals surface area contributed by atoms with Gasteiger partial charge in [-0.2, -0.15) is 0 Å². The van der Waals surface area contributed by atoms with Crippen molar-refractivity contribution in [1.82, 2.24) is 9.88 Å². The fourth-order valence-corrected chi connectivity index (χ4v) is 3.57. The van der Waals surface area contributed by atoms with Crippen LogP contribution in [0.4, 0.5) is 25.1 Å². The maximum Gasteiger partial charge on any atom is 0.310 e. The Balaban J connectivity index is 1.95. The van der Waals surface area contributed by atoms with Crippen LogP contribution in [-0.2, 0) is 9.53 Å².